The first-order valence-corrected chi connectivity index (χ1v) is 8.79. The maximum atomic E-state index is 12.0. The molecule has 1 unspecified atom stereocenters. The van der Waals surface area contributed by atoms with Gasteiger partial charge in [-0.15, -0.1) is 11.3 Å². The topological polar surface area (TPSA) is 80.5 Å². The molecular formula is C13H18N2O3S2. The summed E-state index contributed by atoms with van der Waals surface area (Å²) in [4.78, 5) is 14.3. The fourth-order valence-corrected chi connectivity index (χ4v) is 2.90. The van der Waals surface area contributed by atoms with E-state index in [1.165, 1.54) is 23.2 Å². The molecule has 20 heavy (non-hydrogen) atoms. The van der Waals surface area contributed by atoms with Crippen LogP contribution in [-0.2, 0) is 21.2 Å². The van der Waals surface area contributed by atoms with E-state index in [2.05, 4.69) is 11.8 Å². The van der Waals surface area contributed by atoms with E-state index in [4.69, 9.17) is 5.73 Å². The second-order valence-corrected chi connectivity index (χ2v) is 7.84. The Kier molecular flexibility index (Phi) is 5.74. The van der Waals surface area contributed by atoms with Gasteiger partial charge in [0.25, 0.3) is 0 Å². The molecule has 1 heterocycles. The molecule has 0 aliphatic rings. The molecule has 7 heteroatoms. The van der Waals surface area contributed by atoms with Gasteiger partial charge in [-0.25, -0.2) is 8.42 Å². The number of hydrogen-bond acceptors (Lipinski definition) is 5. The third-order valence-electron chi connectivity index (χ3n) is 2.75. The van der Waals surface area contributed by atoms with Crippen molar-refractivity contribution >= 4 is 27.1 Å². The second-order valence-electron chi connectivity index (χ2n) is 4.47. The Bertz CT molecular complexity index is 638. The van der Waals surface area contributed by atoms with Crippen LogP contribution in [0.4, 0.5) is 0 Å². The highest BCUT2D eigenvalue weighted by molar-refractivity contribution is 7.92. The Morgan fingerprint density at radius 2 is 2.20 bits per heavy atom. The molecule has 2 N–H and O–H groups in total. The van der Waals surface area contributed by atoms with Crippen LogP contribution in [0.1, 0.15) is 17.4 Å². The van der Waals surface area contributed by atoms with E-state index >= 15 is 0 Å². The van der Waals surface area contributed by atoms with Crippen LogP contribution in [0.5, 0.6) is 0 Å². The molecule has 110 valence electrons. The van der Waals surface area contributed by atoms with Crippen molar-refractivity contribution in [1.29, 1.82) is 0 Å². The van der Waals surface area contributed by atoms with E-state index in [9.17, 15) is 13.2 Å². The SMILES string of the molecule is CC(C(=O)N(C)Cc1cc(C#CCN)cs1)S(C)(=O)=O. The Balaban J connectivity index is 2.73. The van der Waals surface area contributed by atoms with Crippen LogP contribution in [-0.4, -0.2) is 44.3 Å². The Morgan fingerprint density at radius 3 is 2.75 bits per heavy atom. The van der Waals surface area contributed by atoms with Crippen molar-refractivity contribution in [3.63, 3.8) is 0 Å². The molecule has 0 aliphatic carbocycles. The molecule has 0 aromatic carbocycles. The van der Waals surface area contributed by atoms with Crippen LogP contribution < -0.4 is 5.73 Å². The summed E-state index contributed by atoms with van der Waals surface area (Å²) in [5, 5.41) is 0.861. The van der Waals surface area contributed by atoms with Crippen molar-refractivity contribution in [2.24, 2.45) is 5.73 Å². The van der Waals surface area contributed by atoms with E-state index in [1.54, 1.807) is 7.05 Å². The zero-order valence-corrected chi connectivity index (χ0v) is 13.3. The predicted molar refractivity (Wildman–Crippen MR) is 81.0 cm³/mol. The summed E-state index contributed by atoms with van der Waals surface area (Å²) >= 11 is 1.48. The highest BCUT2D eigenvalue weighted by Gasteiger charge is 2.26. The number of amides is 1. The zero-order valence-electron chi connectivity index (χ0n) is 11.7. The van der Waals surface area contributed by atoms with Gasteiger partial charge in [-0.1, -0.05) is 11.8 Å². The van der Waals surface area contributed by atoms with E-state index in [1.807, 2.05) is 11.4 Å². The highest BCUT2D eigenvalue weighted by atomic mass is 32.2. The number of nitrogens with two attached hydrogens (primary N) is 1. The minimum absolute atomic E-state index is 0.301. The van der Waals surface area contributed by atoms with Gasteiger partial charge in [-0.3, -0.25) is 4.79 Å². The smallest absolute Gasteiger partial charge is 0.240 e. The maximum Gasteiger partial charge on any atom is 0.240 e. The van der Waals surface area contributed by atoms with Crippen molar-refractivity contribution in [3.8, 4) is 11.8 Å². The second kappa shape index (κ2) is 6.88. The summed E-state index contributed by atoms with van der Waals surface area (Å²) in [6.45, 7) is 2.07. The maximum absolute atomic E-state index is 12.0. The number of rotatable bonds is 4. The Hall–Kier alpha value is -1.36. The molecule has 0 aliphatic heterocycles. The number of sulfone groups is 1. The highest BCUT2D eigenvalue weighted by Crippen LogP contribution is 2.16. The first kappa shape index (κ1) is 16.7. The van der Waals surface area contributed by atoms with Gasteiger partial charge in [-0.05, 0) is 13.0 Å². The lowest BCUT2D eigenvalue weighted by Gasteiger charge is -2.19. The molecule has 0 saturated heterocycles. The van der Waals surface area contributed by atoms with E-state index in [-0.39, 0.29) is 0 Å². The van der Waals surface area contributed by atoms with Crippen molar-refractivity contribution in [1.82, 2.24) is 4.90 Å². The molecule has 0 bridgehead atoms. The summed E-state index contributed by atoms with van der Waals surface area (Å²) in [6, 6.07) is 1.88. The first-order chi connectivity index (χ1) is 9.25. The van der Waals surface area contributed by atoms with E-state index < -0.39 is 21.0 Å². The molecule has 5 nitrogen and oxygen atoms in total. The molecule has 1 amide bonds. The van der Waals surface area contributed by atoms with Gasteiger partial charge in [0.2, 0.25) is 5.91 Å². The monoisotopic (exact) mass is 314 g/mol. The third kappa shape index (κ3) is 4.63. The largest absolute Gasteiger partial charge is 0.340 e. The van der Waals surface area contributed by atoms with Crippen LogP contribution in [0.15, 0.2) is 11.4 Å². The molecule has 0 fully saturated rings. The first-order valence-electron chi connectivity index (χ1n) is 5.96. The van der Waals surface area contributed by atoms with Gasteiger partial charge < -0.3 is 10.6 Å². The summed E-state index contributed by atoms with van der Waals surface area (Å²) in [5.41, 5.74) is 6.15. The molecule has 1 aromatic rings. The molecule has 1 aromatic heterocycles. The van der Waals surface area contributed by atoms with Gasteiger partial charge in [0.1, 0.15) is 5.25 Å². The molecule has 1 rings (SSSR count). The van der Waals surface area contributed by atoms with Gasteiger partial charge in [-0.2, -0.15) is 0 Å². The number of carbonyl (C=O) groups excluding carboxylic acids is 1. The van der Waals surface area contributed by atoms with E-state index in [0.717, 1.165) is 16.7 Å². The Morgan fingerprint density at radius 1 is 1.55 bits per heavy atom. The summed E-state index contributed by atoms with van der Waals surface area (Å²) < 4.78 is 22.8. The molecular weight excluding hydrogens is 296 g/mol. The Labute approximate surface area is 123 Å². The predicted octanol–water partition coefficient (Wildman–Crippen LogP) is 0.450. The van der Waals surface area contributed by atoms with Crippen LogP contribution in [0.25, 0.3) is 0 Å². The van der Waals surface area contributed by atoms with Crippen molar-refractivity contribution in [2.45, 2.75) is 18.7 Å². The van der Waals surface area contributed by atoms with Crippen molar-refractivity contribution in [2.75, 3.05) is 19.8 Å². The van der Waals surface area contributed by atoms with Crippen molar-refractivity contribution < 1.29 is 13.2 Å². The number of hydrogen-bond donors (Lipinski definition) is 1. The lowest BCUT2D eigenvalue weighted by atomic mass is 10.3. The fourth-order valence-electron chi connectivity index (χ4n) is 1.49. The zero-order chi connectivity index (χ0) is 15.3. The average Bonchev–Trinajstić information content (AvgIpc) is 2.80. The van der Waals surface area contributed by atoms with Crippen LogP contribution >= 0.6 is 11.3 Å². The van der Waals surface area contributed by atoms with E-state index in [0.29, 0.717) is 13.1 Å². The van der Waals surface area contributed by atoms with Gasteiger partial charge >= 0.3 is 0 Å². The molecule has 1 atom stereocenters. The summed E-state index contributed by atoms with van der Waals surface area (Å²) in [6.07, 6.45) is 1.06. The van der Waals surface area contributed by atoms with Gasteiger partial charge in [0.15, 0.2) is 9.84 Å². The standard InChI is InChI=1S/C13H18N2O3S2/c1-10(20(3,17)18)13(16)15(2)8-12-7-11(9-19-12)5-4-6-14/h7,9-10H,6,8,14H2,1-3H3. The third-order valence-corrected chi connectivity index (χ3v) is 5.16. The number of carbonyl (C=O) groups is 1. The minimum atomic E-state index is -3.37. The minimum Gasteiger partial charge on any atom is -0.340 e. The quantitative estimate of drug-likeness (QED) is 0.818. The van der Waals surface area contributed by atoms with Crippen LogP contribution in [0.2, 0.25) is 0 Å². The average molecular weight is 314 g/mol. The van der Waals surface area contributed by atoms with Crippen LogP contribution in [0, 0.1) is 11.8 Å². The van der Waals surface area contributed by atoms with Crippen LogP contribution in [0.3, 0.4) is 0 Å². The van der Waals surface area contributed by atoms with Crippen molar-refractivity contribution in [3.05, 3.63) is 21.9 Å². The summed E-state index contributed by atoms with van der Waals surface area (Å²) in [5.74, 6) is 5.26. The number of nitrogens with zero attached hydrogens (tertiary/aromatic N) is 1. The normalized spacial score (nSPS) is 12.4. The molecule has 0 saturated carbocycles. The van der Waals surface area contributed by atoms with Gasteiger partial charge in [0.05, 0.1) is 13.1 Å². The number of thiophene rings is 1. The molecule has 0 spiro atoms. The lowest BCUT2D eigenvalue weighted by Crippen LogP contribution is -2.38. The lowest BCUT2D eigenvalue weighted by molar-refractivity contribution is -0.129. The summed E-state index contributed by atoms with van der Waals surface area (Å²) in [7, 11) is -1.78. The van der Waals surface area contributed by atoms with Gasteiger partial charge in [0, 0.05) is 29.1 Å². The molecule has 0 radical (unpaired) electrons. The fraction of sp³-hybridized carbons (Fsp3) is 0.462.